The van der Waals surface area contributed by atoms with Gasteiger partial charge in [-0.05, 0) is 31.6 Å². The monoisotopic (exact) mass is 142 g/mol. The van der Waals surface area contributed by atoms with Crippen LogP contribution in [0.5, 0.6) is 0 Å². The molecule has 0 saturated carbocycles. The Morgan fingerprint density at radius 1 is 1.78 bits per heavy atom. The molecule has 1 aliphatic rings. The van der Waals surface area contributed by atoms with E-state index >= 15 is 0 Å². The Balaban J connectivity index is 2.18. The summed E-state index contributed by atoms with van der Waals surface area (Å²) < 4.78 is 0. The third-order valence-corrected chi connectivity index (χ3v) is 1.67. The molecule has 1 N–H and O–H groups in total. The highest BCUT2D eigenvalue weighted by Gasteiger charge is 2.11. The van der Waals surface area contributed by atoms with Gasteiger partial charge in [-0.25, -0.2) is 4.99 Å². The van der Waals surface area contributed by atoms with Gasteiger partial charge in [-0.2, -0.15) is 0 Å². The van der Waals surface area contributed by atoms with E-state index in [0.29, 0.717) is 6.04 Å². The van der Waals surface area contributed by atoms with E-state index < -0.39 is 0 Å². The molecule has 0 amide bonds. The lowest BCUT2D eigenvalue weighted by molar-refractivity contribution is 0.619. The van der Waals surface area contributed by atoms with Crippen molar-refractivity contribution in [3.63, 3.8) is 0 Å². The van der Waals surface area contributed by atoms with Gasteiger partial charge in [0.25, 0.3) is 0 Å². The Bertz CT molecular complexity index is 123. The zero-order valence-corrected chi connectivity index (χ0v) is 6.08. The van der Waals surface area contributed by atoms with E-state index in [1.54, 1.807) is 0 Å². The number of nitrogens with zero attached hydrogens (tertiary/aromatic N) is 1. The molecule has 1 saturated heterocycles. The Hall–Kier alpha value is -0.240. The second-order valence-electron chi connectivity index (χ2n) is 2.23. The zero-order valence-electron chi connectivity index (χ0n) is 5.26. The van der Waals surface area contributed by atoms with Crippen molar-refractivity contribution < 1.29 is 0 Å². The Morgan fingerprint density at radius 3 is 3.22 bits per heavy atom. The lowest BCUT2D eigenvalue weighted by Gasteiger charge is -2.02. The number of thiocarbonyl (C=S) groups is 1. The summed E-state index contributed by atoms with van der Waals surface area (Å²) in [7, 11) is 0. The molecular formula is C6H10N2S. The van der Waals surface area contributed by atoms with E-state index in [4.69, 9.17) is 0 Å². The summed E-state index contributed by atoms with van der Waals surface area (Å²) in [6.07, 6.45) is 2.51. The minimum atomic E-state index is 0.570. The summed E-state index contributed by atoms with van der Waals surface area (Å²) in [5, 5.41) is 5.67. The Labute approximate surface area is 60.4 Å². The molecule has 1 heterocycles. The molecule has 0 aromatic carbocycles. The lowest BCUT2D eigenvalue weighted by Crippen LogP contribution is -2.23. The number of rotatable bonds is 2. The van der Waals surface area contributed by atoms with Gasteiger partial charge in [0, 0.05) is 6.04 Å². The number of isothiocyanates is 1. The maximum absolute atomic E-state index is 4.44. The van der Waals surface area contributed by atoms with Crippen molar-refractivity contribution in [3.05, 3.63) is 0 Å². The van der Waals surface area contributed by atoms with Gasteiger partial charge < -0.3 is 5.32 Å². The Morgan fingerprint density at radius 2 is 2.67 bits per heavy atom. The van der Waals surface area contributed by atoms with Crippen molar-refractivity contribution in [1.29, 1.82) is 0 Å². The quantitative estimate of drug-likeness (QED) is 0.456. The van der Waals surface area contributed by atoms with Crippen molar-refractivity contribution >= 4 is 17.4 Å². The number of hydrogen-bond donors (Lipinski definition) is 1. The van der Waals surface area contributed by atoms with Gasteiger partial charge in [0.05, 0.1) is 11.7 Å². The number of nitrogens with one attached hydrogen (secondary N) is 1. The third-order valence-electron chi connectivity index (χ3n) is 1.54. The molecule has 0 bridgehead atoms. The maximum atomic E-state index is 4.44. The molecule has 0 aliphatic carbocycles. The van der Waals surface area contributed by atoms with Crippen molar-refractivity contribution in [2.45, 2.75) is 18.9 Å². The molecule has 3 heteroatoms. The van der Waals surface area contributed by atoms with Crippen LogP contribution in [-0.4, -0.2) is 24.3 Å². The first-order valence-corrected chi connectivity index (χ1v) is 3.61. The summed E-state index contributed by atoms with van der Waals surface area (Å²) in [6.45, 7) is 1.95. The van der Waals surface area contributed by atoms with E-state index in [9.17, 15) is 0 Å². The van der Waals surface area contributed by atoms with Gasteiger partial charge in [0.15, 0.2) is 0 Å². The second-order valence-corrected chi connectivity index (χ2v) is 2.41. The van der Waals surface area contributed by atoms with E-state index in [-0.39, 0.29) is 0 Å². The van der Waals surface area contributed by atoms with Gasteiger partial charge in [0.2, 0.25) is 0 Å². The molecule has 0 spiro atoms. The van der Waals surface area contributed by atoms with Gasteiger partial charge in [-0.3, -0.25) is 0 Å². The minimum absolute atomic E-state index is 0.570. The third kappa shape index (κ3) is 2.22. The summed E-state index contributed by atoms with van der Waals surface area (Å²) >= 11 is 4.44. The topological polar surface area (TPSA) is 24.4 Å². The van der Waals surface area contributed by atoms with Crippen LogP contribution in [-0.2, 0) is 0 Å². The lowest BCUT2D eigenvalue weighted by atomic mass is 10.2. The van der Waals surface area contributed by atoms with E-state index in [1.165, 1.54) is 12.8 Å². The fourth-order valence-electron chi connectivity index (χ4n) is 1.06. The van der Waals surface area contributed by atoms with Gasteiger partial charge in [0.1, 0.15) is 0 Å². The summed E-state index contributed by atoms with van der Waals surface area (Å²) in [5.41, 5.74) is 0. The first kappa shape index (κ1) is 6.87. The molecule has 1 atom stereocenters. The van der Waals surface area contributed by atoms with Crippen molar-refractivity contribution in [2.75, 3.05) is 13.1 Å². The van der Waals surface area contributed by atoms with Crippen LogP contribution < -0.4 is 5.32 Å². The van der Waals surface area contributed by atoms with Crippen molar-refractivity contribution in [1.82, 2.24) is 5.32 Å². The van der Waals surface area contributed by atoms with Crippen LogP contribution >= 0.6 is 12.2 Å². The second kappa shape index (κ2) is 3.72. The molecular weight excluding hydrogens is 132 g/mol. The fraction of sp³-hybridized carbons (Fsp3) is 0.833. The molecule has 1 aliphatic heterocycles. The zero-order chi connectivity index (χ0) is 6.53. The highest BCUT2D eigenvalue weighted by Crippen LogP contribution is 2.03. The molecule has 9 heavy (non-hydrogen) atoms. The molecule has 0 aromatic rings. The molecule has 0 aromatic heterocycles. The molecule has 0 unspecified atom stereocenters. The average Bonchev–Trinajstić information content (AvgIpc) is 2.34. The van der Waals surface area contributed by atoms with Gasteiger partial charge in [-0.1, -0.05) is 0 Å². The normalized spacial score (nSPS) is 25.6. The number of aliphatic imine (C=N–C) groups is 1. The predicted octanol–water partition coefficient (Wildman–Crippen LogP) is 0.841. The smallest absolute Gasteiger partial charge is 0.0646 e. The predicted molar refractivity (Wildman–Crippen MR) is 40.9 cm³/mol. The van der Waals surface area contributed by atoms with Crippen LogP contribution in [0.15, 0.2) is 4.99 Å². The van der Waals surface area contributed by atoms with E-state index in [2.05, 4.69) is 27.7 Å². The molecule has 50 valence electrons. The van der Waals surface area contributed by atoms with Crippen LogP contribution in [0.4, 0.5) is 0 Å². The fourth-order valence-corrected chi connectivity index (χ4v) is 1.13. The molecule has 2 nitrogen and oxygen atoms in total. The standard InChI is InChI=1S/C6H10N2S/c9-5-7-4-6-2-1-3-8-6/h6,8H,1-4H2/t6-/m1/s1. The van der Waals surface area contributed by atoms with Crippen LogP contribution in [0, 0.1) is 0 Å². The first-order valence-electron chi connectivity index (χ1n) is 3.20. The summed E-state index contributed by atoms with van der Waals surface area (Å²) in [6, 6.07) is 0.570. The number of hydrogen-bond acceptors (Lipinski definition) is 3. The van der Waals surface area contributed by atoms with Crippen LogP contribution in [0.1, 0.15) is 12.8 Å². The van der Waals surface area contributed by atoms with Crippen LogP contribution in [0.2, 0.25) is 0 Å². The summed E-state index contributed by atoms with van der Waals surface area (Å²) in [4.78, 5) is 3.86. The molecule has 1 fully saturated rings. The molecule has 1 rings (SSSR count). The minimum Gasteiger partial charge on any atom is -0.312 e. The first-order chi connectivity index (χ1) is 4.43. The summed E-state index contributed by atoms with van der Waals surface area (Å²) in [5.74, 6) is 0. The Kier molecular flexibility index (Phi) is 2.84. The average molecular weight is 142 g/mol. The van der Waals surface area contributed by atoms with Crippen molar-refractivity contribution in [2.24, 2.45) is 4.99 Å². The van der Waals surface area contributed by atoms with Gasteiger partial charge >= 0.3 is 0 Å². The highest BCUT2D eigenvalue weighted by molar-refractivity contribution is 7.78. The maximum Gasteiger partial charge on any atom is 0.0646 e. The SMILES string of the molecule is S=C=NC[C@H]1CCCN1. The van der Waals surface area contributed by atoms with Crippen LogP contribution in [0.3, 0.4) is 0 Å². The van der Waals surface area contributed by atoms with E-state index in [0.717, 1.165) is 13.1 Å². The molecule has 0 radical (unpaired) electrons. The van der Waals surface area contributed by atoms with E-state index in [1.807, 2.05) is 0 Å². The van der Waals surface area contributed by atoms with Crippen molar-refractivity contribution in [3.8, 4) is 0 Å². The largest absolute Gasteiger partial charge is 0.312 e. The van der Waals surface area contributed by atoms with Crippen LogP contribution in [0.25, 0.3) is 0 Å². The highest BCUT2D eigenvalue weighted by atomic mass is 32.1. The van der Waals surface area contributed by atoms with Gasteiger partial charge in [-0.15, -0.1) is 0 Å².